The smallest absolute Gasteiger partial charge is 0.309 e. The molecule has 0 aromatic carbocycles. The number of likely N-dealkylation sites (tertiary alicyclic amines) is 1. The third-order valence-corrected chi connectivity index (χ3v) is 3.80. The number of aromatic nitrogens is 1. The number of ether oxygens (including phenoxy) is 1. The molecule has 1 fully saturated rings. The van der Waals surface area contributed by atoms with E-state index in [4.69, 9.17) is 4.74 Å². The summed E-state index contributed by atoms with van der Waals surface area (Å²) in [7, 11) is 0. The summed E-state index contributed by atoms with van der Waals surface area (Å²) in [5.74, 6) is 0.975. The maximum Gasteiger partial charge on any atom is 0.309 e. The van der Waals surface area contributed by atoms with Crippen molar-refractivity contribution in [3.05, 3.63) is 23.9 Å². The SMILES string of the molecule is CCNc1cc(CN2CCC(C(=O)OCC)CC2)ccn1. The first-order chi connectivity index (χ1) is 10.2. The van der Waals surface area contributed by atoms with Gasteiger partial charge in [0.05, 0.1) is 12.5 Å². The second kappa shape index (κ2) is 7.98. The molecule has 0 atom stereocenters. The predicted molar refractivity (Wildman–Crippen MR) is 83.0 cm³/mol. The summed E-state index contributed by atoms with van der Waals surface area (Å²) in [4.78, 5) is 18.4. The molecule has 1 aromatic rings. The van der Waals surface area contributed by atoms with Gasteiger partial charge in [-0.3, -0.25) is 9.69 Å². The van der Waals surface area contributed by atoms with Gasteiger partial charge in [0.1, 0.15) is 5.82 Å². The van der Waals surface area contributed by atoms with E-state index >= 15 is 0 Å². The van der Waals surface area contributed by atoms with Crippen molar-refractivity contribution < 1.29 is 9.53 Å². The molecule has 5 nitrogen and oxygen atoms in total. The molecule has 1 aromatic heterocycles. The molecule has 0 bridgehead atoms. The first kappa shape index (κ1) is 15.8. The second-order valence-electron chi connectivity index (χ2n) is 5.38. The maximum absolute atomic E-state index is 11.7. The monoisotopic (exact) mass is 291 g/mol. The molecule has 116 valence electrons. The number of carbonyl (C=O) groups is 1. The van der Waals surface area contributed by atoms with Crippen LogP contribution in [0.5, 0.6) is 0 Å². The molecule has 0 spiro atoms. The molecular weight excluding hydrogens is 266 g/mol. The molecule has 1 aliphatic heterocycles. The molecule has 0 radical (unpaired) electrons. The highest BCUT2D eigenvalue weighted by Crippen LogP contribution is 2.20. The Morgan fingerprint density at radius 2 is 2.19 bits per heavy atom. The van der Waals surface area contributed by atoms with Gasteiger partial charge >= 0.3 is 5.97 Å². The molecule has 1 saturated heterocycles. The number of carbonyl (C=O) groups excluding carboxylic acids is 1. The van der Waals surface area contributed by atoms with Crippen LogP contribution in [-0.4, -0.2) is 42.1 Å². The number of rotatable bonds is 6. The van der Waals surface area contributed by atoms with Crippen LogP contribution in [-0.2, 0) is 16.1 Å². The quantitative estimate of drug-likeness (QED) is 0.815. The van der Waals surface area contributed by atoms with Gasteiger partial charge in [0.15, 0.2) is 0 Å². The van der Waals surface area contributed by atoms with Gasteiger partial charge in [0.25, 0.3) is 0 Å². The summed E-state index contributed by atoms with van der Waals surface area (Å²) < 4.78 is 5.10. The fourth-order valence-corrected chi connectivity index (χ4v) is 2.70. The van der Waals surface area contributed by atoms with E-state index in [1.54, 1.807) is 0 Å². The number of anilines is 1. The van der Waals surface area contributed by atoms with E-state index in [9.17, 15) is 4.79 Å². The number of nitrogens with zero attached hydrogens (tertiary/aromatic N) is 2. The largest absolute Gasteiger partial charge is 0.466 e. The van der Waals surface area contributed by atoms with Gasteiger partial charge < -0.3 is 10.1 Å². The van der Waals surface area contributed by atoms with E-state index < -0.39 is 0 Å². The average Bonchev–Trinajstić information content (AvgIpc) is 2.49. The molecule has 0 aliphatic carbocycles. The summed E-state index contributed by atoms with van der Waals surface area (Å²) in [5.41, 5.74) is 1.26. The van der Waals surface area contributed by atoms with E-state index in [0.717, 1.165) is 44.8 Å². The predicted octanol–water partition coefficient (Wildman–Crippen LogP) is 2.29. The minimum Gasteiger partial charge on any atom is -0.466 e. The van der Waals surface area contributed by atoms with E-state index in [1.165, 1.54) is 5.56 Å². The number of hydrogen-bond donors (Lipinski definition) is 1. The van der Waals surface area contributed by atoms with Crippen molar-refractivity contribution in [2.75, 3.05) is 31.6 Å². The number of esters is 1. The summed E-state index contributed by atoms with van der Waals surface area (Å²) >= 11 is 0. The lowest BCUT2D eigenvalue weighted by molar-refractivity contribution is -0.149. The van der Waals surface area contributed by atoms with Crippen molar-refractivity contribution in [1.29, 1.82) is 0 Å². The van der Waals surface area contributed by atoms with Crippen LogP contribution in [0.15, 0.2) is 18.3 Å². The molecule has 21 heavy (non-hydrogen) atoms. The molecule has 0 saturated carbocycles. The Hall–Kier alpha value is -1.62. The zero-order chi connectivity index (χ0) is 15.1. The highest BCUT2D eigenvalue weighted by molar-refractivity contribution is 5.72. The Labute approximate surface area is 126 Å². The van der Waals surface area contributed by atoms with Crippen molar-refractivity contribution in [3.63, 3.8) is 0 Å². The molecule has 1 N–H and O–H groups in total. The highest BCUT2D eigenvalue weighted by atomic mass is 16.5. The zero-order valence-corrected chi connectivity index (χ0v) is 13.0. The topological polar surface area (TPSA) is 54.5 Å². The molecular formula is C16H25N3O2. The molecule has 2 heterocycles. The summed E-state index contributed by atoms with van der Waals surface area (Å²) in [6.45, 7) is 8.08. The summed E-state index contributed by atoms with van der Waals surface area (Å²) in [6.07, 6.45) is 3.63. The number of hydrogen-bond acceptors (Lipinski definition) is 5. The van der Waals surface area contributed by atoms with Crippen LogP contribution in [0.3, 0.4) is 0 Å². The van der Waals surface area contributed by atoms with Gasteiger partial charge in [-0.25, -0.2) is 4.98 Å². The first-order valence-electron chi connectivity index (χ1n) is 7.80. The lowest BCUT2D eigenvalue weighted by Crippen LogP contribution is -2.36. The minimum atomic E-state index is -0.0320. The van der Waals surface area contributed by atoms with Crippen LogP contribution in [0, 0.1) is 5.92 Å². The third-order valence-electron chi connectivity index (χ3n) is 3.80. The van der Waals surface area contributed by atoms with Crippen molar-refractivity contribution in [2.45, 2.75) is 33.2 Å². The third kappa shape index (κ3) is 4.70. The van der Waals surface area contributed by atoms with Crippen LogP contribution in [0.1, 0.15) is 32.3 Å². The number of nitrogens with one attached hydrogen (secondary N) is 1. The van der Waals surface area contributed by atoms with Crippen LogP contribution in [0.25, 0.3) is 0 Å². The van der Waals surface area contributed by atoms with Gasteiger partial charge in [-0.1, -0.05) is 0 Å². The van der Waals surface area contributed by atoms with Gasteiger partial charge in [-0.05, 0) is 57.5 Å². The molecule has 1 aliphatic rings. The normalized spacial score (nSPS) is 16.7. The summed E-state index contributed by atoms with van der Waals surface area (Å²) in [5, 5.41) is 3.23. The van der Waals surface area contributed by atoms with Crippen molar-refractivity contribution in [2.24, 2.45) is 5.92 Å². The second-order valence-corrected chi connectivity index (χ2v) is 5.38. The Kier molecular flexibility index (Phi) is 5.99. The molecule has 0 unspecified atom stereocenters. The van der Waals surface area contributed by atoms with Crippen LogP contribution >= 0.6 is 0 Å². The lowest BCUT2D eigenvalue weighted by Gasteiger charge is -2.30. The van der Waals surface area contributed by atoms with E-state index in [1.807, 2.05) is 13.1 Å². The molecule has 5 heteroatoms. The van der Waals surface area contributed by atoms with Gasteiger partial charge in [0.2, 0.25) is 0 Å². The Morgan fingerprint density at radius 1 is 1.43 bits per heavy atom. The standard InChI is InChI=1S/C16H25N3O2/c1-3-17-15-11-13(5-8-18-15)12-19-9-6-14(7-10-19)16(20)21-4-2/h5,8,11,14H,3-4,6-7,9-10,12H2,1-2H3,(H,17,18). The highest BCUT2D eigenvalue weighted by Gasteiger charge is 2.25. The Bertz CT molecular complexity index is 457. The van der Waals surface area contributed by atoms with Crippen molar-refractivity contribution in [1.82, 2.24) is 9.88 Å². The molecule has 2 rings (SSSR count). The Morgan fingerprint density at radius 3 is 2.86 bits per heavy atom. The Balaban J connectivity index is 1.83. The van der Waals surface area contributed by atoms with Crippen molar-refractivity contribution >= 4 is 11.8 Å². The van der Waals surface area contributed by atoms with Crippen molar-refractivity contribution in [3.8, 4) is 0 Å². The van der Waals surface area contributed by atoms with Gasteiger partial charge in [-0.15, -0.1) is 0 Å². The fourth-order valence-electron chi connectivity index (χ4n) is 2.70. The first-order valence-corrected chi connectivity index (χ1v) is 7.80. The molecule has 0 amide bonds. The minimum absolute atomic E-state index is 0.0320. The van der Waals surface area contributed by atoms with Crippen LogP contribution in [0.2, 0.25) is 0 Å². The number of piperidine rings is 1. The van der Waals surface area contributed by atoms with E-state index in [2.05, 4.69) is 34.3 Å². The zero-order valence-electron chi connectivity index (χ0n) is 13.0. The average molecular weight is 291 g/mol. The van der Waals surface area contributed by atoms with Crippen LogP contribution in [0.4, 0.5) is 5.82 Å². The number of pyridine rings is 1. The van der Waals surface area contributed by atoms with E-state index in [0.29, 0.717) is 6.61 Å². The van der Waals surface area contributed by atoms with E-state index in [-0.39, 0.29) is 11.9 Å². The maximum atomic E-state index is 11.7. The summed E-state index contributed by atoms with van der Waals surface area (Å²) in [6, 6.07) is 4.15. The van der Waals surface area contributed by atoms with Gasteiger partial charge in [0, 0.05) is 19.3 Å². The lowest BCUT2D eigenvalue weighted by atomic mass is 9.97. The van der Waals surface area contributed by atoms with Crippen LogP contribution < -0.4 is 5.32 Å². The fraction of sp³-hybridized carbons (Fsp3) is 0.625. The van der Waals surface area contributed by atoms with Gasteiger partial charge in [-0.2, -0.15) is 0 Å².